The van der Waals surface area contributed by atoms with Crippen LogP contribution in [0.4, 0.5) is 5.82 Å². The Hall–Kier alpha value is -3.40. The highest BCUT2D eigenvalue weighted by atomic mass is 32.2. The molecule has 4 N–H and O–H groups in total. The number of allylic oxidation sites excluding steroid dienone is 1. The molecule has 0 aliphatic carbocycles. The van der Waals surface area contributed by atoms with Crippen molar-refractivity contribution in [2.24, 2.45) is 10.7 Å². The van der Waals surface area contributed by atoms with Crippen LogP contribution in [0.3, 0.4) is 0 Å². The first-order chi connectivity index (χ1) is 16.1. The summed E-state index contributed by atoms with van der Waals surface area (Å²) in [5.41, 5.74) is 5.96. The van der Waals surface area contributed by atoms with E-state index in [2.05, 4.69) is 20.6 Å². The second-order valence-electron chi connectivity index (χ2n) is 7.01. The first kappa shape index (κ1) is 25.9. The van der Waals surface area contributed by atoms with Gasteiger partial charge in [0.25, 0.3) is 5.56 Å². The summed E-state index contributed by atoms with van der Waals surface area (Å²) in [6, 6.07) is 9.14. The number of benzene rings is 1. The zero-order valence-corrected chi connectivity index (χ0v) is 19.5. The van der Waals surface area contributed by atoms with E-state index in [4.69, 9.17) is 5.73 Å². The lowest BCUT2D eigenvalue weighted by molar-refractivity contribution is -0.127. The Morgan fingerprint density at radius 2 is 2.09 bits per heavy atom. The van der Waals surface area contributed by atoms with Crippen LogP contribution in [0.25, 0.3) is 0 Å². The van der Waals surface area contributed by atoms with Gasteiger partial charge in [0.1, 0.15) is 6.04 Å². The number of carbonyl (C=O) groups excluding carboxylic acids is 2. The fourth-order valence-corrected chi connectivity index (χ4v) is 3.80. The van der Waals surface area contributed by atoms with Crippen molar-refractivity contribution in [3.63, 3.8) is 0 Å². The molecule has 0 saturated carbocycles. The van der Waals surface area contributed by atoms with Crippen molar-refractivity contribution < 1.29 is 9.59 Å². The molecular formula is C23H30N6O3S. The number of nitrogens with two attached hydrogens (primary N) is 1. The Balaban J connectivity index is 1.87. The van der Waals surface area contributed by atoms with Gasteiger partial charge in [0, 0.05) is 30.9 Å². The number of carbonyl (C=O) groups is 2. The average Bonchev–Trinajstić information content (AvgIpc) is 2.83. The van der Waals surface area contributed by atoms with E-state index in [1.165, 1.54) is 34.9 Å². The number of hydrogen-bond donors (Lipinski definition) is 3. The molecule has 176 valence electrons. The molecule has 33 heavy (non-hydrogen) atoms. The molecule has 1 amide bonds. The van der Waals surface area contributed by atoms with E-state index in [0.29, 0.717) is 25.3 Å². The van der Waals surface area contributed by atoms with E-state index in [1.54, 1.807) is 19.2 Å². The Kier molecular flexibility index (Phi) is 11.5. The average molecular weight is 471 g/mol. The molecule has 0 aliphatic rings. The number of anilines is 1. The van der Waals surface area contributed by atoms with Gasteiger partial charge in [0.05, 0.1) is 18.8 Å². The van der Waals surface area contributed by atoms with Crippen LogP contribution in [0.5, 0.6) is 0 Å². The van der Waals surface area contributed by atoms with E-state index in [-0.39, 0.29) is 24.1 Å². The van der Waals surface area contributed by atoms with Crippen molar-refractivity contribution in [3.05, 3.63) is 70.9 Å². The summed E-state index contributed by atoms with van der Waals surface area (Å²) in [7, 11) is 0. The van der Waals surface area contributed by atoms with Gasteiger partial charge in [0.2, 0.25) is 5.91 Å². The minimum Gasteiger partial charge on any atom is -0.405 e. The maximum atomic E-state index is 12.8. The topological polar surface area (TPSA) is 131 Å². The Labute approximate surface area is 197 Å². The van der Waals surface area contributed by atoms with Crippen molar-refractivity contribution >= 4 is 35.5 Å². The van der Waals surface area contributed by atoms with Crippen molar-refractivity contribution in [3.8, 4) is 0 Å². The first-order valence-electron chi connectivity index (χ1n) is 10.7. The number of hydrogen-bond acceptors (Lipinski definition) is 8. The van der Waals surface area contributed by atoms with Gasteiger partial charge in [0.15, 0.2) is 11.6 Å². The van der Waals surface area contributed by atoms with Gasteiger partial charge < -0.3 is 16.4 Å². The van der Waals surface area contributed by atoms with E-state index >= 15 is 0 Å². The quantitative estimate of drug-likeness (QED) is 0.283. The van der Waals surface area contributed by atoms with Crippen molar-refractivity contribution in [2.75, 3.05) is 30.7 Å². The van der Waals surface area contributed by atoms with E-state index in [1.807, 2.05) is 30.3 Å². The lowest BCUT2D eigenvalue weighted by Crippen LogP contribution is -2.40. The molecule has 1 aromatic carbocycles. The summed E-state index contributed by atoms with van der Waals surface area (Å²) in [5.74, 6) is 0.723. The highest BCUT2D eigenvalue weighted by Gasteiger charge is 2.21. The summed E-state index contributed by atoms with van der Waals surface area (Å²) in [6.45, 7) is 2.57. The molecule has 1 heterocycles. The molecule has 9 nitrogen and oxygen atoms in total. The van der Waals surface area contributed by atoms with Crippen LogP contribution in [0.15, 0.2) is 64.8 Å². The molecule has 1 unspecified atom stereocenters. The number of amides is 1. The van der Waals surface area contributed by atoms with E-state index < -0.39 is 11.6 Å². The maximum absolute atomic E-state index is 12.8. The molecule has 10 heteroatoms. The molecule has 1 atom stereocenters. The number of aromatic nitrogens is 2. The van der Waals surface area contributed by atoms with Gasteiger partial charge in [-0.2, -0.15) is 0 Å². The number of nitrogens with one attached hydrogen (secondary N) is 2. The second kappa shape index (κ2) is 14.6. The summed E-state index contributed by atoms with van der Waals surface area (Å²) in [6.07, 6.45) is 7.87. The molecule has 0 bridgehead atoms. The zero-order valence-electron chi connectivity index (χ0n) is 18.6. The third-order valence-corrected chi connectivity index (χ3v) is 5.63. The molecule has 0 aliphatic heterocycles. The Bertz CT molecular complexity index is 1010. The van der Waals surface area contributed by atoms with Crippen molar-refractivity contribution in [1.29, 1.82) is 0 Å². The van der Waals surface area contributed by atoms with Crippen molar-refractivity contribution in [1.82, 2.24) is 14.9 Å². The number of aliphatic imine (C=N–C) groups is 1. The minimum absolute atomic E-state index is 0.0721. The maximum Gasteiger partial charge on any atom is 0.294 e. The standard InChI is InChI=1S/C23H30N6O3S/c1-2-20(22(31)28-15-19(30)17-33-16-18-7-4-3-5-8-18)29-14-13-27-21(23(29)32)26-12-11-25-10-6-9-24/h3-10,13-14,20H,2,11-12,15-17,24H2,1H3,(H,26,27)(H,28,31). The van der Waals surface area contributed by atoms with Crippen LogP contribution < -0.4 is 21.9 Å². The third-order valence-electron chi connectivity index (χ3n) is 4.56. The van der Waals surface area contributed by atoms with Crippen molar-refractivity contribution in [2.45, 2.75) is 25.1 Å². The summed E-state index contributed by atoms with van der Waals surface area (Å²) in [5, 5.41) is 5.59. The van der Waals surface area contributed by atoms with Gasteiger partial charge >= 0.3 is 0 Å². The monoisotopic (exact) mass is 470 g/mol. The SMILES string of the molecule is CCC(C(=O)NCC(=O)CSCc1ccccc1)n1ccnc(NCCN=CC=CN)c1=O. The largest absolute Gasteiger partial charge is 0.405 e. The van der Waals surface area contributed by atoms with Gasteiger partial charge in [-0.25, -0.2) is 4.98 Å². The van der Waals surface area contributed by atoms with E-state index in [9.17, 15) is 14.4 Å². The molecule has 2 rings (SSSR count). The van der Waals surface area contributed by atoms with Gasteiger partial charge in [-0.1, -0.05) is 37.3 Å². The smallest absolute Gasteiger partial charge is 0.294 e. The van der Waals surface area contributed by atoms with Gasteiger partial charge in [-0.05, 0) is 24.3 Å². The minimum atomic E-state index is -0.737. The lowest BCUT2D eigenvalue weighted by Gasteiger charge is -2.18. The van der Waals surface area contributed by atoms with Gasteiger partial charge in [-0.3, -0.25) is 23.9 Å². The fourth-order valence-electron chi connectivity index (χ4n) is 2.94. The predicted molar refractivity (Wildman–Crippen MR) is 134 cm³/mol. The van der Waals surface area contributed by atoms with Crippen LogP contribution in [0.2, 0.25) is 0 Å². The normalized spacial score (nSPS) is 12.2. The predicted octanol–water partition coefficient (Wildman–Crippen LogP) is 1.77. The number of rotatable bonds is 14. The highest BCUT2D eigenvalue weighted by molar-refractivity contribution is 7.99. The number of Topliss-reactive ketones (excluding diaryl/α,β-unsaturated/α-hetero) is 1. The number of nitrogens with zero attached hydrogens (tertiary/aromatic N) is 3. The fraction of sp³-hybridized carbons (Fsp3) is 0.348. The van der Waals surface area contributed by atoms with Crippen LogP contribution in [0, 0.1) is 0 Å². The summed E-state index contributed by atoms with van der Waals surface area (Å²) in [4.78, 5) is 45.8. The number of thioether (sulfide) groups is 1. The van der Waals surface area contributed by atoms with Crippen LogP contribution in [-0.2, 0) is 15.3 Å². The van der Waals surface area contributed by atoms with E-state index in [0.717, 1.165) is 11.3 Å². The van der Waals surface area contributed by atoms with Crippen LogP contribution in [-0.4, -0.2) is 52.8 Å². The molecule has 0 saturated heterocycles. The Morgan fingerprint density at radius 3 is 2.82 bits per heavy atom. The molecular weight excluding hydrogens is 440 g/mol. The molecule has 0 spiro atoms. The lowest BCUT2D eigenvalue weighted by atomic mass is 10.2. The first-order valence-corrected chi connectivity index (χ1v) is 11.8. The highest BCUT2D eigenvalue weighted by Crippen LogP contribution is 2.12. The zero-order chi connectivity index (χ0) is 23.9. The molecule has 0 radical (unpaired) electrons. The number of ketones is 1. The third kappa shape index (κ3) is 8.93. The second-order valence-corrected chi connectivity index (χ2v) is 8.00. The van der Waals surface area contributed by atoms with Crippen LogP contribution in [0.1, 0.15) is 24.9 Å². The molecule has 0 fully saturated rings. The summed E-state index contributed by atoms with van der Waals surface area (Å²) >= 11 is 1.50. The van der Waals surface area contributed by atoms with Gasteiger partial charge in [-0.15, -0.1) is 11.8 Å². The Morgan fingerprint density at radius 1 is 1.30 bits per heavy atom. The summed E-state index contributed by atoms with van der Waals surface area (Å²) < 4.78 is 1.33. The molecule has 2 aromatic rings. The molecule has 1 aromatic heterocycles. The van der Waals surface area contributed by atoms with Crippen LogP contribution >= 0.6 is 11.8 Å².